The Kier molecular flexibility index (Phi) is 17.2. The molecule has 1 rings (SSSR count). The van der Waals surface area contributed by atoms with Crippen molar-refractivity contribution in [3.05, 3.63) is 0 Å². The zero-order chi connectivity index (χ0) is 33.4. The van der Waals surface area contributed by atoms with Crippen LogP contribution in [-0.2, 0) is 42.8 Å². The molecule has 1 amide bonds. The van der Waals surface area contributed by atoms with Gasteiger partial charge < -0.3 is 38.4 Å². The summed E-state index contributed by atoms with van der Waals surface area (Å²) in [5, 5.41) is 9.58. The lowest BCUT2D eigenvalue weighted by molar-refractivity contribution is -0.159. The first kappa shape index (κ1) is 39.6. The van der Waals surface area contributed by atoms with Crippen molar-refractivity contribution < 1.29 is 52.7 Å². The molecule has 12 nitrogen and oxygen atoms in total. The molecule has 1 aliphatic rings. The molecule has 256 valence electrons. The maximum atomic E-state index is 12.8. The first-order valence-corrected chi connectivity index (χ1v) is 15.6. The van der Waals surface area contributed by atoms with Gasteiger partial charge in [-0.25, -0.2) is 4.79 Å². The zero-order valence-electron chi connectivity index (χ0n) is 28.2. The predicted octanol–water partition coefficient (Wildman–Crippen LogP) is 4.15. The molecule has 0 heterocycles. The number of carbonyl (C=O) groups is 4. The average molecular weight is 632 g/mol. The Balaban J connectivity index is 2.67. The van der Waals surface area contributed by atoms with Gasteiger partial charge in [0.1, 0.15) is 25.4 Å². The summed E-state index contributed by atoms with van der Waals surface area (Å²) >= 11 is 0. The molecule has 0 bridgehead atoms. The van der Waals surface area contributed by atoms with Crippen LogP contribution < -0.4 is 0 Å². The van der Waals surface area contributed by atoms with Crippen molar-refractivity contribution in [3.8, 4) is 0 Å². The first-order chi connectivity index (χ1) is 20.6. The highest BCUT2D eigenvalue weighted by molar-refractivity contribution is 5.74. The first-order valence-electron chi connectivity index (χ1n) is 15.6. The van der Waals surface area contributed by atoms with Gasteiger partial charge in [-0.2, -0.15) is 0 Å². The van der Waals surface area contributed by atoms with Crippen LogP contribution in [0.5, 0.6) is 0 Å². The van der Waals surface area contributed by atoms with Crippen molar-refractivity contribution in [2.45, 2.75) is 92.1 Å². The summed E-state index contributed by atoms with van der Waals surface area (Å²) < 4.78 is 32.3. The zero-order valence-corrected chi connectivity index (χ0v) is 28.2. The molecule has 2 atom stereocenters. The fourth-order valence-corrected chi connectivity index (χ4v) is 4.85. The summed E-state index contributed by atoms with van der Waals surface area (Å²) in [6.07, 6.45) is 3.88. The molecule has 1 aliphatic carbocycles. The van der Waals surface area contributed by atoms with E-state index < -0.39 is 34.5 Å². The Morgan fingerprint density at radius 3 is 1.66 bits per heavy atom. The van der Waals surface area contributed by atoms with E-state index >= 15 is 0 Å². The monoisotopic (exact) mass is 631 g/mol. The Morgan fingerprint density at radius 2 is 1.20 bits per heavy atom. The number of aliphatic hydroxyl groups excluding tert-OH is 1. The normalized spacial score (nSPS) is 19.7. The highest BCUT2D eigenvalue weighted by Crippen LogP contribution is 2.32. The van der Waals surface area contributed by atoms with Gasteiger partial charge in [0.15, 0.2) is 0 Å². The van der Waals surface area contributed by atoms with Crippen LogP contribution in [0.1, 0.15) is 86.5 Å². The SMILES string of the molecule is CCC1CCC(C(=O)OCC(C)(COC)COC(=O)CCN(CCC(=O)OCC(C)(CO)COC)C(=O)OC(C)(C)C)CC1. The molecular formula is C32H57NO11. The van der Waals surface area contributed by atoms with Crippen molar-refractivity contribution in [2.75, 3.05) is 67.0 Å². The van der Waals surface area contributed by atoms with Crippen LogP contribution in [-0.4, -0.2) is 107 Å². The van der Waals surface area contributed by atoms with Crippen LogP contribution in [0.4, 0.5) is 4.79 Å². The summed E-state index contributed by atoms with van der Waals surface area (Å²) in [6.45, 7) is 10.9. The quantitative estimate of drug-likeness (QED) is 0.162. The summed E-state index contributed by atoms with van der Waals surface area (Å²) in [6, 6.07) is 0. The highest BCUT2D eigenvalue weighted by Gasteiger charge is 2.33. The molecule has 44 heavy (non-hydrogen) atoms. The number of nitrogens with zero attached hydrogens (tertiary/aromatic N) is 1. The van der Waals surface area contributed by atoms with Crippen LogP contribution in [0.3, 0.4) is 0 Å². The molecule has 0 aliphatic heterocycles. The maximum absolute atomic E-state index is 12.8. The fraction of sp³-hybridized carbons (Fsp3) is 0.875. The van der Waals surface area contributed by atoms with E-state index in [2.05, 4.69) is 6.92 Å². The fourth-order valence-electron chi connectivity index (χ4n) is 4.85. The number of rotatable bonds is 19. The van der Waals surface area contributed by atoms with Gasteiger partial charge in [0, 0.05) is 32.7 Å². The third-order valence-corrected chi connectivity index (χ3v) is 7.67. The molecule has 0 aromatic carbocycles. The van der Waals surface area contributed by atoms with Crippen LogP contribution in [0.25, 0.3) is 0 Å². The van der Waals surface area contributed by atoms with E-state index in [0.717, 1.165) is 32.1 Å². The number of methoxy groups -OCH3 is 2. The number of hydrogen-bond acceptors (Lipinski definition) is 11. The van der Waals surface area contributed by atoms with E-state index in [1.807, 2.05) is 6.92 Å². The standard InChI is InChI=1S/C32H57NO11/c1-9-24-10-12-25(13-11-24)28(37)43-23-32(6,20-40-8)22-42-27(36)15-17-33(29(38)44-30(2,3)4)16-14-26(35)41-21-31(5,18-34)19-39-7/h24-25,34H,9-23H2,1-8H3. The van der Waals surface area contributed by atoms with Gasteiger partial charge in [-0.05, 0) is 52.4 Å². The minimum absolute atomic E-state index is 0.0423. The van der Waals surface area contributed by atoms with Gasteiger partial charge in [0.2, 0.25) is 0 Å². The van der Waals surface area contributed by atoms with Gasteiger partial charge in [-0.15, -0.1) is 0 Å². The largest absolute Gasteiger partial charge is 0.465 e. The van der Waals surface area contributed by atoms with Crippen molar-refractivity contribution in [1.82, 2.24) is 4.90 Å². The minimum Gasteiger partial charge on any atom is -0.465 e. The molecule has 1 fully saturated rings. The Bertz CT molecular complexity index is 897. The van der Waals surface area contributed by atoms with Gasteiger partial charge >= 0.3 is 24.0 Å². The van der Waals surface area contributed by atoms with Crippen molar-refractivity contribution in [1.29, 1.82) is 0 Å². The molecule has 2 unspecified atom stereocenters. The van der Waals surface area contributed by atoms with Gasteiger partial charge in [-0.1, -0.05) is 27.2 Å². The number of hydrogen-bond donors (Lipinski definition) is 1. The van der Waals surface area contributed by atoms with Crippen LogP contribution >= 0.6 is 0 Å². The van der Waals surface area contributed by atoms with E-state index in [-0.39, 0.29) is 77.5 Å². The second-order valence-electron chi connectivity index (χ2n) is 13.7. The van der Waals surface area contributed by atoms with Crippen molar-refractivity contribution in [2.24, 2.45) is 22.7 Å². The molecule has 1 saturated carbocycles. The minimum atomic E-state index is -0.784. The summed E-state index contributed by atoms with van der Waals surface area (Å²) in [5.74, 6) is -0.787. The number of ether oxygens (including phenoxy) is 6. The van der Waals surface area contributed by atoms with E-state index in [4.69, 9.17) is 28.4 Å². The smallest absolute Gasteiger partial charge is 0.410 e. The Morgan fingerprint density at radius 1 is 0.727 bits per heavy atom. The third kappa shape index (κ3) is 15.5. The molecule has 0 spiro atoms. The number of carbonyl (C=O) groups excluding carboxylic acids is 4. The van der Waals surface area contributed by atoms with Crippen molar-refractivity contribution >= 4 is 24.0 Å². The lowest BCUT2D eigenvalue weighted by Gasteiger charge is -2.30. The maximum Gasteiger partial charge on any atom is 0.410 e. The molecule has 0 aromatic heterocycles. The second-order valence-corrected chi connectivity index (χ2v) is 13.7. The summed E-state index contributed by atoms with van der Waals surface area (Å²) in [7, 11) is 3.02. The van der Waals surface area contributed by atoms with Crippen LogP contribution in [0.15, 0.2) is 0 Å². The topological polar surface area (TPSA) is 147 Å². The van der Waals surface area contributed by atoms with E-state index in [1.165, 1.54) is 19.1 Å². The number of amides is 1. The summed E-state index contributed by atoms with van der Waals surface area (Å²) in [5.41, 5.74) is -2.28. The Labute approximate surface area is 263 Å². The van der Waals surface area contributed by atoms with Crippen molar-refractivity contribution in [3.63, 3.8) is 0 Å². The van der Waals surface area contributed by atoms with E-state index in [0.29, 0.717) is 5.92 Å². The number of aliphatic hydroxyl groups is 1. The van der Waals surface area contributed by atoms with Gasteiger partial charge in [-0.3, -0.25) is 14.4 Å². The molecule has 1 N–H and O–H groups in total. The van der Waals surface area contributed by atoms with Crippen LogP contribution in [0, 0.1) is 22.7 Å². The lowest BCUT2D eigenvalue weighted by atomic mass is 9.81. The van der Waals surface area contributed by atoms with Gasteiger partial charge in [0.05, 0.1) is 44.0 Å². The van der Waals surface area contributed by atoms with Crippen LogP contribution in [0.2, 0.25) is 0 Å². The number of esters is 3. The Hall–Kier alpha value is -2.44. The molecule has 0 radical (unpaired) electrons. The molecule has 0 aromatic rings. The lowest BCUT2D eigenvalue weighted by Crippen LogP contribution is -2.40. The highest BCUT2D eigenvalue weighted by atomic mass is 16.6. The molecule has 0 saturated heterocycles. The average Bonchev–Trinajstić information content (AvgIpc) is 2.97. The summed E-state index contributed by atoms with van der Waals surface area (Å²) in [4.78, 5) is 51.9. The molecular weight excluding hydrogens is 574 g/mol. The molecule has 12 heteroatoms. The van der Waals surface area contributed by atoms with Gasteiger partial charge in [0.25, 0.3) is 0 Å². The predicted molar refractivity (Wildman–Crippen MR) is 163 cm³/mol. The second kappa shape index (κ2) is 19.2. The third-order valence-electron chi connectivity index (χ3n) is 7.67. The van der Waals surface area contributed by atoms with E-state index in [9.17, 15) is 24.3 Å². The van der Waals surface area contributed by atoms with E-state index in [1.54, 1.807) is 27.7 Å².